The smallest absolute Gasteiger partial charge is 0.256 e. The van der Waals surface area contributed by atoms with Crippen LogP contribution in [0.2, 0.25) is 10.0 Å². The third kappa shape index (κ3) is 3.53. The van der Waals surface area contributed by atoms with Gasteiger partial charge in [0.05, 0.1) is 21.5 Å². The molecule has 0 aliphatic heterocycles. The number of rotatable bonds is 4. The third-order valence-corrected chi connectivity index (χ3v) is 4.14. The Morgan fingerprint density at radius 1 is 1.32 bits per heavy atom. The standard InChI is InChI=1S/C13H11Cl2NO2S/c1-7-8(2)18-13(16-7)19-6-12(17)9-3-4-10(14)11(15)5-9/h3-5H,6H2,1-2H3. The number of ketones is 1. The number of hydrogen-bond acceptors (Lipinski definition) is 4. The van der Waals surface area contributed by atoms with Crippen LogP contribution < -0.4 is 0 Å². The van der Waals surface area contributed by atoms with Crippen LogP contribution in [0.4, 0.5) is 0 Å². The minimum Gasteiger partial charge on any atom is -0.437 e. The monoisotopic (exact) mass is 315 g/mol. The Bertz CT molecular complexity index is 606. The van der Waals surface area contributed by atoms with Gasteiger partial charge in [0.15, 0.2) is 5.78 Å². The number of aromatic nitrogens is 1. The van der Waals surface area contributed by atoms with E-state index in [0.29, 0.717) is 20.8 Å². The zero-order chi connectivity index (χ0) is 14.0. The highest BCUT2D eigenvalue weighted by Gasteiger charge is 2.12. The van der Waals surface area contributed by atoms with Gasteiger partial charge in [0.25, 0.3) is 5.22 Å². The van der Waals surface area contributed by atoms with Gasteiger partial charge in [-0.25, -0.2) is 4.98 Å². The summed E-state index contributed by atoms with van der Waals surface area (Å²) in [6.07, 6.45) is 0. The van der Waals surface area contributed by atoms with Gasteiger partial charge in [-0.2, -0.15) is 0 Å². The second kappa shape index (κ2) is 5.99. The van der Waals surface area contributed by atoms with Crippen molar-refractivity contribution >= 4 is 40.7 Å². The molecule has 0 atom stereocenters. The fourth-order valence-electron chi connectivity index (χ4n) is 1.39. The van der Waals surface area contributed by atoms with Crippen molar-refractivity contribution in [2.75, 3.05) is 5.75 Å². The first-order valence-corrected chi connectivity index (χ1v) is 7.26. The molecule has 0 spiro atoms. The lowest BCUT2D eigenvalue weighted by Gasteiger charge is -2.01. The number of aryl methyl sites for hydroxylation is 2. The maximum atomic E-state index is 12.0. The molecule has 100 valence electrons. The molecule has 0 bridgehead atoms. The van der Waals surface area contributed by atoms with Crippen LogP contribution in [0.5, 0.6) is 0 Å². The molecule has 2 rings (SSSR count). The largest absolute Gasteiger partial charge is 0.437 e. The van der Waals surface area contributed by atoms with Crippen LogP contribution >= 0.6 is 35.0 Å². The lowest BCUT2D eigenvalue weighted by atomic mass is 10.1. The van der Waals surface area contributed by atoms with E-state index in [2.05, 4.69) is 4.98 Å². The van der Waals surface area contributed by atoms with E-state index in [1.54, 1.807) is 18.2 Å². The number of hydrogen-bond donors (Lipinski definition) is 0. The molecular weight excluding hydrogens is 305 g/mol. The molecule has 0 unspecified atom stereocenters. The number of nitrogens with zero attached hydrogens (tertiary/aromatic N) is 1. The summed E-state index contributed by atoms with van der Waals surface area (Å²) >= 11 is 12.9. The fraction of sp³-hybridized carbons (Fsp3) is 0.231. The van der Waals surface area contributed by atoms with Crippen molar-refractivity contribution in [3.05, 3.63) is 45.3 Å². The van der Waals surface area contributed by atoms with Crippen molar-refractivity contribution in [3.63, 3.8) is 0 Å². The van der Waals surface area contributed by atoms with Crippen molar-refractivity contribution in [2.45, 2.75) is 19.1 Å². The maximum Gasteiger partial charge on any atom is 0.256 e. The Hall–Kier alpha value is -0.970. The molecule has 1 heterocycles. The van der Waals surface area contributed by atoms with E-state index >= 15 is 0 Å². The number of thioether (sulfide) groups is 1. The summed E-state index contributed by atoms with van der Waals surface area (Å²) in [6, 6.07) is 4.84. The zero-order valence-corrected chi connectivity index (χ0v) is 12.7. The van der Waals surface area contributed by atoms with Gasteiger partial charge in [0, 0.05) is 5.56 Å². The topological polar surface area (TPSA) is 43.1 Å². The number of halogens is 2. The minimum atomic E-state index is -0.0444. The van der Waals surface area contributed by atoms with E-state index in [1.165, 1.54) is 11.8 Å². The Morgan fingerprint density at radius 3 is 2.63 bits per heavy atom. The molecule has 6 heteroatoms. The third-order valence-electron chi connectivity index (χ3n) is 2.58. The molecule has 3 nitrogen and oxygen atoms in total. The molecule has 0 fully saturated rings. The molecule has 0 radical (unpaired) electrons. The quantitative estimate of drug-likeness (QED) is 0.612. The van der Waals surface area contributed by atoms with Gasteiger partial charge in [-0.3, -0.25) is 4.79 Å². The highest BCUT2D eigenvalue weighted by Crippen LogP contribution is 2.25. The normalized spacial score (nSPS) is 10.7. The average Bonchev–Trinajstić information content (AvgIpc) is 2.69. The summed E-state index contributed by atoms with van der Waals surface area (Å²) in [5.41, 5.74) is 1.37. The molecule has 0 N–H and O–H groups in total. The van der Waals surface area contributed by atoms with Crippen LogP contribution in [0, 0.1) is 13.8 Å². The molecule has 0 aliphatic carbocycles. The van der Waals surface area contributed by atoms with Gasteiger partial charge in [-0.1, -0.05) is 35.0 Å². The van der Waals surface area contributed by atoms with Crippen LogP contribution in [0.25, 0.3) is 0 Å². The Labute approximate surface area is 125 Å². The highest BCUT2D eigenvalue weighted by molar-refractivity contribution is 7.99. The number of oxazole rings is 1. The first kappa shape index (κ1) is 14.4. The minimum absolute atomic E-state index is 0.0444. The summed E-state index contributed by atoms with van der Waals surface area (Å²) in [4.78, 5) is 16.2. The molecular formula is C13H11Cl2NO2S. The van der Waals surface area contributed by atoms with Crippen LogP contribution in [0.3, 0.4) is 0 Å². The predicted octanol–water partition coefficient (Wildman–Crippen LogP) is 4.57. The SMILES string of the molecule is Cc1nc(SCC(=O)c2ccc(Cl)c(Cl)c2)oc1C. The second-order valence-electron chi connectivity index (χ2n) is 3.96. The molecule has 0 aliphatic rings. The van der Waals surface area contributed by atoms with Crippen LogP contribution in [0.15, 0.2) is 27.8 Å². The van der Waals surface area contributed by atoms with E-state index in [1.807, 2.05) is 13.8 Å². The summed E-state index contributed by atoms with van der Waals surface area (Å²) in [5, 5.41) is 1.31. The Balaban J connectivity index is 2.03. The van der Waals surface area contributed by atoms with Gasteiger partial charge >= 0.3 is 0 Å². The summed E-state index contributed by atoms with van der Waals surface area (Å²) in [6.45, 7) is 3.71. The second-order valence-corrected chi connectivity index (χ2v) is 5.70. The van der Waals surface area contributed by atoms with Crippen molar-refractivity contribution < 1.29 is 9.21 Å². The van der Waals surface area contributed by atoms with Gasteiger partial charge in [0.2, 0.25) is 0 Å². The van der Waals surface area contributed by atoms with Crippen LogP contribution in [-0.2, 0) is 0 Å². The molecule has 0 saturated heterocycles. The molecule has 2 aromatic rings. The first-order chi connectivity index (χ1) is 8.97. The summed E-state index contributed by atoms with van der Waals surface area (Å²) in [7, 11) is 0. The molecule has 19 heavy (non-hydrogen) atoms. The average molecular weight is 316 g/mol. The zero-order valence-electron chi connectivity index (χ0n) is 10.4. The number of Topliss-reactive ketones (excluding diaryl/α,β-unsaturated/α-hetero) is 1. The first-order valence-electron chi connectivity index (χ1n) is 5.52. The van der Waals surface area contributed by atoms with Crippen LogP contribution in [0.1, 0.15) is 21.8 Å². The summed E-state index contributed by atoms with van der Waals surface area (Å²) < 4.78 is 5.40. The van der Waals surface area contributed by atoms with E-state index in [-0.39, 0.29) is 11.5 Å². The fourth-order valence-corrected chi connectivity index (χ4v) is 2.49. The number of benzene rings is 1. The highest BCUT2D eigenvalue weighted by atomic mass is 35.5. The summed E-state index contributed by atoms with van der Waals surface area (Å²) in [5.74, 6) is 0.971. The molecule has 1 aromatic carbocycles. The van der Waals surface area contributed by atoms with Crippen molar-refractivity contribution in [1.29, 1.82) is 0 Å². The Morgan fingerprint density at radius 2 is 2.05 bits per heavy atom. The predicted molar refractivity (Wildman–Crippen MR) is 77.5 cm³/mol. The van der Waals surface area contributed by atoms with Crippen LogP contribution in [-0.4, -0.2) is 16.5 Å². The van der Waals surface area contributed by atoms with E-state index in [0.717, 1.165) is 11.5 Å². The lowest BCUT2D eigenvalue weighted by molar-refractivity contribution is 0.102. The van der Waals surface area contributed by atoms with Gasteiger partial charge in [-0.15, -0.1) is 0 Å². The van der Waals surface area contributed by atoms with Crippen molar-refractivity contribution in [3.8, 4) is 0 Å². The van der Waals surface area contributed by atoms with Gasteiger partial charge in [-0.05, 0) is 32.0 Å². The molecule has 0 saturated carbocycles. The Kier molecular flexibility index (Phi) is 4.55. The van der Waals surface area contributed by atoms with Crippen molar-refractivity contribution in [1.82, 2.24) is 4.98 Å². The van der Waals surface area contributed by atoms with E-state index in [9.17, 15) is 4.79 Å². The molecule has 0 amide bonds. The maximum absolute atomic E-state index is 12.0. The number of carbonyl (C=O) groups excluding carboxylic acids is 1. The lowest BCUT2D eigenvalue weighted by Crippen LogP contribution is -2.02. The van der Waals surface area contributed by atoms with Gasteiger partial charge < -0.3 is 4.42 Å². The van der Waals surface area contributed by atoms with E-state index < -0.39 is 0 Å². The number of carbonyl (C=O) groups is 1. The van der Waals surface area contributed by atoms with E-state index in [4.69, 9.17) is 27.6 Å². The van der Waals surface area contributed by atoms with Gasteiger partial charge in [0.1, 0.15) is 5.76 Å². The molecule has 1 aromatic heterocycles. The van der Waals surface area contributed by atoms with Crippen molar-refractivity contribution in [2.24, 2.45) is 0 Å².